The molecule has 2 N–H and O–H groups in total. The van der Waals surface area contributed by atoms with Crippen molar-refractivity contribution in [2.75, 3.05) is 18.4 Å². The largest absolute Gasteiger partial charge is 0.376 e. The quantitative estimate of drug-likeness (QED) is 0.674. The zero-order valence-electron chi connectivity index (χ0n) is 11.5. The van der Waals surface area contributed by atoms with Gasteiger partial charge < -0.3 is 10.6 Å². The summed E-state index contributed by atoms with van der Waals surface area (Å²) in [5.74, 6) is 0.0514. The number of carbonyl (C=O) groups excluding carboxylic acids is 1. The molecule has 0 unspecified atom stereocenters. The van der Waals surface area contributed by atoms with Crippen molar-refractivity contribution >= 4 is 27.5 Å². The van der Waals surface area contributed by atoms with E-state index in [9.17, 15) is 4.79 Å². The highest BCUT2D eigenvalue weighted by Crippen LogP contribution is 2.15. The van der Waals surface area contributed by atoms with Crippen LogP contribution in [0.2, 0.25) is 0 Å². The van der Waals surface area contributed by atoms with Crippen LogP contribution in [0.4, 0.5) is 5.69 Å². The van der Waals surface area contributed by atoms with Crippen molar-refractivity contribution < 1.29 is 4.79 Å². The molecule has 1 aromatic carbocycles. The summed E-state index contributed by atoms with van der Waals surface area (Å²) in [4.78, 5) is 11.6. The van der Waals surface area contributed by atoms with Crippen molar-refractivity contribution in [1.29, 1.82) is 0 Å². The minimum absolute atomic E-state index is 0.0514. The molecule has 1 amide bonds. The molecule has 0 aliphatic heterocycles. The summed E-state index contributed by atoms with van der Waals surface area (Å²) in [6.45, 7) is 3.31. The van der Waals surface area contributed by atoms with Crippen molar-refractivity contribution in [3.8, 4) is 0 Å². The molecule has 0 aliphatic carbocycles. The van der Waals surface area contributed by atoms with Crippen LogP contribution in [0.15, 0.2) is 28.7 Å². The number of amides is 1. The van der Waals surface area contributed by atoms with Crippen molar-refractivity contribution in [2.45, 2.75) is 39.0 Å². The zero-order valence-corrected chi connectivity index (χ0v) is 13.1. The van der Waals surface area contributed by atoms with Gasteiger partial charge in [-0.1, -0.05) is 54.6 Å². The van der Waals surface area contributed by atoms with E-state index in [-0.39, 0.29) is 5.91 Å². The lowest BCUT2D eigenvalue weighted by molar-refractivity contribution is -0.119. The molecule has 0 fully saturated rings. The fourth-order valence-corrected chi connectivity index (χ4v) is 2.20. The predicted molar refractivity (Wildman–Crippen MR) is 84.4 cm³/mol. The minimum atomic E-state index is 0.0514. The fourth-order valence-electron chi connectivity index (χ4n) is 1.80. The molecule has 4 heteroatoms. The van der Waals surface area contributed by atoms with E-state index in [0.717, 1.165) is 23.1 Å². The second-order valence-electron chi connectivity index (χ2n) is 4.63. The van der Waals surface area contributed by atoms with Crippen molar-refractivity contribution in [3.05, 3.63) is 28.7 Å². The SMILES string of the molecule is CCCCCCCNC(=O)CNc1cccc(Br)c1. The third-order valence-electron chi connectivity index (χ3n) is 2.88. The van der Waals surface area contributed by atoms with Crippen LogP contribution in [0.25, 0.3) is 0 Å². The molecule has 0 atom stereocenters. The molecule has 3 nitrogen and oxygen atoms in total. The summed E-state index contributed by atoms with van der Waals surface area (Å²) in [5.41, 5.74) is 0.951. The summed E-state index contributed by atoms with van der Waals surface area (Å²) < 4.78 is 1.01. The smallest absolute Gasteiger partial charge is 0.239 e. The number of halogens is 1. The molecule has 0 saturated heterocycles. The number of rotatable bonds is 9. The predicted octanol–water partition coefficient (Wildman–Crippen LogP) is 3.95. The maximum Gasteiger partial charge on any atom is 0.239 e. The molecule has 106 valence electrons. The van der Waals surface area contributed by atoms with Crippen molar-refractivity contribution in [1.82, 2.24) is 5.32 Å². The summed E-state index contributed by atoms with van der Waals surface area (Å²) in [6, 6.07) is 7.81. The van der Waals surface area contributed by atoms with Gasteiger partial charge in [-0.3, -0.25) is 4.79 Å². The number of hydrogen-bond donors (Lipinski definition) is 2. The lowest BCUT2D eigenvalue weighted by Crippen LogP contribution is -2.30. The highest BCUT2D eigenvalue weighted by Gasteiger charge is 2.00. The van der Waals surface area contributed by atoms with Crippen LogP contribution < -0.4 is 10.6 Å². The average Bonchev–Trinajstić information content (AvgIpc) is 2.40. The molecule has 0 bridgehead atoms. The van der Waals surface area contributed by atoms with Crippen LogP contribution >= 0.6 is 15.9 Å². The highest BCUT2D eigenvalue weighted by atomic mass is 79.9. The number of carbonyl (C=O) groups is 1. The molecule has 19 heavy (non-hydrogen) atoms. The van der Waals surface area contributed by atoms with Gasteiger partial charge in [0.1, 0.15) is 0 Å². The lowest BCUT2D eigenvalue weighted by Gasteiger charge is -2.08. The van der Waals surface area contributed by atoms with Crippen LogP contribution in [0.1, 0.15) is 39.0 Å². The van der Waals surface area contributed by atoms with Gasteiger partial charge >= 0.3 is 0 Å². The summed E-state index contributed by atoms with van der Waals surface area (Å²) in [7, 11) is 0. The average molecular weight is 327 g/mol. The van der Waals surface area contributed by atoms with Gasteiger partial charge in [0.15, 0.2) is 0 Å². The van der Waals surface area contributed by atoms with Crippen LogP contribution in [0.5, 0.6) is 0 Å². The van der Waals surface area contributed by atoms with Gasteiger partial charge in [0.25, 0.3) is 0 Å². The first-order valence-corrected chi connectivity index (χ1v) is 7.78. The number of unbranched alkanes of at least 4 members (excludes halogenated alkanes) is 4. The topological polar surface area (TPSA) is 41.1 Å². The van der Waals surface area contributed by atoms with E-state index in [1.807, 2.05) is 24.3 Å². The number of nitrogens with one attached hydrogen (secondary N) is 2. The first-order valence-electron chi connectivity index (χ1n) is 6.98. The van der Waals surface area contributed by atoms with E-state index >= 15 is 0 Å². The standard InChI is InChI=1S/C15H23BrN2O/c1-2-3-4-5-6-10-17-15(19)12-18-14-9-7-8-13(16)11-14/h7-9,11,18H,2-6,10,12H2,1H3,(H,17,19). The van der Waals surface area contributed by atoms with Crippen LogP contribution in [0, 0.1) is 0 Å². The van der Waals surface area contributed by atoms with Crippen molar-refractivity contribution in [2.24, 2.45) is 0 Å². The third kappa shape index (κ3) is 7.88. The Balaban J connectivity index is 2.08. The Morgan fingerprint density at radius 1 is 1.21 bits per heavy atom. The first-order chi connectivity index (χ1) is 9.22. The van der Waals surface area contributed by atoms with Gasteiger partial charge in [0.2, 0.25) is 5.91 Å². The van der Waals surface area contributed by atoms with E-state index in [2.05, 4.69) is 33.5 Å². The molecule has 0 aromatic heterocycles. The second-order valence-corrected chi connectivity index (χ2v) is 5.54. The second kappa shape index (κ2) is 9.84. The zero-order chi connectivity index (χ0) is 13.9. The van der Waals surface area contributed by atoms with Gasteiger partial charge in [-0.2, -0.15) is 0 Å². The Hall–Kier alpha value is -1.03. The molecule has 1 rings (SSSR count). The maximum atomic E-state index is 11.6. The molecular weight excluding hydrogens is 304 g/mol. The Bertz CT molecular complexity index is 382. The molecule has 0 radical (unpaired) electrons. The number of anilines is 1. The van der Waals surface area contributed by atoms with E-state index in [1.54, 1.807) is 0 Å². The van der Waals surface area contributed by atoms with Gasteiger partial charge in [-0.05, 0) is 24.6 Å². The Kier molecular flexibility index (Phi) is 8.30. The van der Waals surface area contributed by atoms with Gasteiger partial charge in [0.05, 0.1) is 6.54 Å². The molecule has 0 saturated carbocycles. The van der Waals surface area contributed by atoms with Gasteiger partial charge in [0, 0.05) is 16.7 Å². The monoisotopic (exact) mass is 326 g/mol. The van der Waals surface area contributed by atoms with Crippen molar-refractivity contribution in [3.63, 3.8) is 0 Å². The molecule has 0 spiro atoms. The van der Waals surface area contributed by atoms with E-state index in [4.69, 9.17) is 0 Å². The molecular formula is C15H23BrN2O. The summed E-state index contributed by atoms with van der Waals surface area (Å²) >= 11 is 3.40. The van der Waals surface area contributed by atoms with E-state index in [1.165, 1.54) is 25.7 Å². The first kappa shape index (κ1) is 16.0. The third-order valence-corrected chi connectivity index (χ3v) is 3.37. The Morgan fingerprint density at radius 2 is 2.00 bits per heavy atom. The van der Waals surface area contributed by atoms with Crippen LogP contribution in [0.3, 0.4) is 0 Å². The molecule has 0 aliphatic rings. The minimum Gasteiger partial charge on any atom is -0.376 e. The Morgan fingerprint density at radius 3 is 2.74 bits per heavy atom. The lowest BCUT2D eigenvalue weighted by atomic mass is 10.1. The summed E-state index contributed by atoms with van der Waals surface area (Å²) in [5, 5.41) is 6.04. The van der Waals surface area contributed by atoms with E-state index < -0.39 is 0 Å². The molecule has 0 heterocycles. The van der Waals surface area contributed by atoms with Crippen LogP contribution in [-0.4, -0.2) is 19.0 Å². The number of benzene rings is 1. The Labute approximate surface area is 124 Å². The van der Waals surface area contributed by atoms with Gasteiger partial charge in [-0.15, -0.1) is 0 Å². The molecule has 1 aromatic rings. The number of hydrogen-bond acceptors (Lipinski definition) is 2. The van der Waals surface area contributed by atoms with E-state index in [0.29, 0.717) is 6.54 Å². The highest BCUT2D eigenvalue weighted by molar-refractivity contribution is 9.10. The maximum absolute atomic E-state index is 11.6. The normalized spacial score (nSPS) is 10.2. The van der Waals surface area contributed by atoms with Gasteiger partial charge in [-0.25, -0.2) is 0 Å². The fraction of sp³-hybridized carbons (Fsp3) is 0.533. The summed E-state index contributed by atoms with van der Waals surface area (Å²) in [6.07, 6.45) is 6.08. The van der Waals surface area contributed by atoms with Crippen LogP contribution in [-0.2, 0) is 4.79 Å².